The predicted molar refractivity (Wildman–Crippen MR) is 41.7 cm³/mol. The van der Waals surface area contributed by atoms with E-state index in [1.54, 1.807) is 0 Å². The third-order valence-corrected chi connectivity index (χ3v) is 1.26. The van der Waals surface area contributed by atoms with Crippen molar-refractivity contribution >= 4 is 6.03 Å². The van der Waals surface area contributed by atoms with E-state index in [2.05, 4.69) is 11.4 Å². The summed E-state index contributed by atoms with van der Waals surface area (Å²) in [7, 11) is 0. The minimum Gasteiger partial charge on any atom is -0.352 e. The largest absolute Gasteiger partial charge is 0.352 e. The number of hydrogen-bond donors (Lipinski definition) is 2. The van der Waals surface area contributed by atoms with Gasteiger partial charge in [0.2, 0.25) is 0 Å². The van der Waals surface area contributed by atoms with Gasteiger partial charge in [0.25, 0.3) is 0 Å². The number of primary amides is 1. The molecule has 0 aliphatic carbocycles. The number of nitrogens with one attached hydrogen (secondary N) is 1. The number of amides is 2. The van der Waals surface area contributed by atoms with Crippen LogP contribution in [0.5, 0.6) is 0 Å². The van der Waals surface area contributed by atoms with E-state index in [1.165, 1.54) is 0 Å². The Labute approximate surface area is 66.4 Å². The fourth-order valence-corrected chi connectivity index (χ4v) is 0.717. The van der Waals surface area contributed by atoms with E-state index in [-0.39, 0.29) is 0 Å². The highest BCUT2D eigenvalue weighted by Crippen LogP contribution is 1.96. The number of nitriles is 1. The van der Waals surface area contributed by atoms with Crippen LogP contribution in [-0.4, -0.2) is 12.6 Å². The first-order chi connectivity index (χ1) is 5.27. The van der Waals surface area contributed by atoms with Crippen molar-refractivity contribution < 1.29 is 4.79 Å². The molecule has 0 aromatic rings. The molecule has 0 spiro atoms. The van der Waals surface area contributed by atoms with E-state index in [0.717, 1.165) is 19.3 Å². The quantitative estimate of drug-likeness (QED) is 0.574. The molecule has 0 aliphatic heterocycles. The van der Waals surface area contributed by atoms with Gasteiger partial charge in [-0.1, -0.05) is 6.42 Å². The van der Waals surface area contributed by atoms with Gasteiger partial charge in [0.1, 0.15) is 0 Å². The van der Waals surface area contributed by atoms with Crippen LogP contribution < -0.4 is 11.1 Å². The number of urea groups is 1. The Morgan fingerprint density at radius 2 is 2.18 bits per heavy atom. The van der Waals surface area contributed by atoms with Crippen LogP contribution in [0, 0.1) is 11.3 Å². The number of nitrogens with zero attached hydrogens (tertiary/aromatic N) is 1. The van der Waals surface area contributed by atoms with Gasteiger partial charge in [0.15, 0.2) is 0 Å². The molecule has 0 aliphatic rings. The maximum absolute atomic E-state index is 10.1. The monoisotopic (exact) mass is 155 g/mol. The number of carbonyl (C=O) groups is 1. The molecule has 11 heavy (non-hydrogen) atoms. The van der Waals surface area contributed by atoms with Crippen molar-refractivity contribution in [3.8, 4) is 6.07 Å². The molecule has 0 saturated heterocycles. The topological polar surface area (TPSA) is 78.9 Å². The van der Waals surface area contributed by atoms with Gasteiger partial charge >= 0.3 is 6.03 Å². The molecular formula is C7H13N3O. The summed E-state index contributed by atoms with van der Waals surface area (Å²) in [5.41, 5.74) is 4.83. The Kier molecular flexibility index (Phi) is 6.10. The average Bonchev–Trinajstić information content (AvgIpc) is 1.96. The summed E-state index contributed by atoms with van der Waals surface area (Å²) in [5.74, 6) is 0. The third-order valence-electron chi connectivity index (χ3n) is 1.26. The fraction of sp³-hybridized carbons (Fsp3) is 0.714. The van der Waals surface area contributed by atoms with Gasteiger partial charge in [-0.05, 0) is 12.8 Å². The Balaban J connectivity index is 2.92. The van der Waals surface area contributed by atoms with Crippen molar-refractivity contribution in [1.29, 1.82) is 5.26 Å². The molecule has 0 aromatic heterocycles. The average molecular weight is 155 g/mol. The molecular weight excluding hydrogens is 142 g/mol. The number of unbranched alkanes of at least 4 members (excludes halogenated alkanes) is 3. The van der Waals surface area contributed by atoms with E-state index in [0.29, 0.717) is 13.0 Å². The maximum Gasteiger partial charge on any atom is 0.312 e. The van der Waals surface area contributed by atoms with Crippen LogP contribution in [0.4, 0.5) is 4.79 Å². The van der Waals surface area contributed by atoms with Crippen molar-refractivity contribution in [3.63, 3.8) is 0 Å². The summed E-state index contributed by atoms with van der Waals surface area (Å²) in [4.78, 5) is 10.1. The van der Waals surface area contributed by atoms with Crippen molar-refractivity contribution in [2.45, 2.75) is 25.7 Å². The molecule has 0 rings (SSSR count). The first-order valence-electron chi connectivity index (χ1n) is 3.67. The molecule has 0 saturated carbocycles. The minimum absolute atomic E-state index is 0.481. The summed E-state index contributed by atoms with van der Waals surface area (Å²) in [6, 6.07) is 1.57. The standard InChI is InChI=1S/C7H13N3O/c8-5-3-1-2-4-6-10-7(9)11/h1-4,6H2,(H3,9,10,11). The highest BCUT2D eigenvalue weighted by molar-refractivity contribution is 5.71. The molecule has 4 heteroatoms. The van der Waals surface area contributed by atoms with Gasteiger partial charge in [0, 0.05) is 13.0 Å². The molecule has 0 unspecified atom stereocenters. The van der Waals surface area contributed by atoms with Crippen molar-refractivity contribution in [3.05, 3.63) is 0 Å². The second kappa shape index (κ2) is 6.87. The Hall–Kier alpha value is -1.24. The van der Waals surface area contributed by atoms with Crippen LogP contribution in [0.1, 0.15) is 25.7 Å². The van der Waals surface area contributed by atoms with E-state index in [1.807, 2.05) is 0 Å². The van der Waals surface area contributed by atoms with Crippen molar-refractivity contribution in [1.82, 2.24) is 5.32 Å². The highest BCUT2D eigenvalue weighted by Gasteiger charge is 1.90. The minimum atomic E-state index is -0.481. The lowest BCUT2D eigenvalue weighted by Crippen LogP contribution is -2.29. The Bertz CT molecular complexity index is 150. The predicted octanol–water partition coefficient (Wildman–Crippen LogP) is 0.739. The number of rotatable bonds is 5. The molecule has 0 heterocycles. The zero-order valence-electron chi connectivity index (χ0n) is 6.47. The molecule has 2 amide bonds. The Morgan fingerprint density at radius 1 is 1.45 bits per heavy atom. The van der Waals surface area contributed by atoms with Crippen LogP contribution in [0.25, 0.3) is 0 Å². The zero-order valence-corrected chi connectivity index (χ0v) is 6.47. The second-order valence-corrected chi connectivity index (χ2v) is 2.26. The lowest BCUT2D eigenvalue weighted by Gasteiger charge is -1.98. The summed E-state index contributed by atoms with van der Waals surface area (Å²) in [6.45, 7) is 0.612. The highest BCUT2D eigenvalue weighted by atomic mass is 16.2. The van der Waals surface area contributed by atoms with Gasteiger partial charge in [-0.3, -0.25) is 0 Å². The lowest BCUT2D eigenvalue weighted by molar-refractivity contribution is 0.248. The smallest absolute Gasteiger partial charge is 0.312 e. The lowest BCUT2D eigenvalue weighted by atomic mass is 10.2. The van der Waals surface area contributed by atoms with Crippen LogP contribution >= 0.6 is 0 Å². The van der Waals surface area contributed by atoms with Crippen LogP contribution in [-0.2, 0) is 0 Å². The van der Waals surface area contributed by atoms with E-state index < -0.39 is 6.03 Å². The van der Waals surface area contributed by atoms with Crippen LogP contribution in [0.3, 0.4) is 0 Å². The van der Waals surface area contributed by atoms with Gasteiger partial charge in [-0.25, -0.2) is 4.79 Å². The fourth-order valence-electron chi connectivity index (χ4n) is 0.717. The number of nitrogens with two attached hydrogens (primary N) is 1. The van der Waals surface area contributed by atoms with Gasteiger partial charge in [0.05, 0.1) is 6.07 Å². The van der Waals surface area contributed by atoms with Crippen LogP contribution in [0.15, 0.2) is 0 Å². The van der Waals surface area contributed by atoms with Gasteiger partial charge < -0.3 is 11.1 Å². The SMILES string of the molecule is N#CCCCCCNC(N)=O. The molecule has 0 atom stereocenters. The van der Waals surface area contributed by atoms with E-state index in [4.69, 9.17) is 11.0 Å². The molecule has 0 fully saturated rings. The summed E-state index contributed by atoms with van der Waals surface area (Å²) in [5, 5.41) is 10.6. The molecule has 62 valence electrons. The van der Waals surface area contributed by atoms with Crippen molar-refractivity contribution in [2.75, 3.05) is 6.54 Å². The Morgan fingerprint density at radius 3 is 2.73 bits per heavy atom. The molecule has 0 bridgehead atoms. The third kappa shape index (κ3) is 8.76. The van der Waals surface area contributed by atoms with E-state index >= 15 is 0 Å². The van der Waals surface area contributed by atoms with E-state index in [9.17, 15) is 4.79 Å². The zero-order chi connectivity index (χ0) is 8.53. The molecule has 0 radical (unpaired) electrons. The summed E-state index contributed by atoms with van der Waals surface area (Å²) >= 11 is 0. The van der Waals surface area contributed by atoms with Gasteiger partial charge in [-0.15, -0.1) is 0 Å². The summed E-state index contributed by atoms with van der Waals surface area (Å²) < 4.78 is 0. The first kappa shape index (κ1) is 9.76. The maximum atomic E-state index is 10.1. The molecule has 3 N–H and O–H groups in total. The van der Waals surface area contributed by atoms with Crippen molar-refractivity contribution in [2.24, 2.45) is 5.73 Å². The first-order valence-corrected chi connectivity index (χ1v) is 3.67. The second-order valence-electron chi connectivity index (χ2n) is 2.26. The van der Waals surface area contributed by atoms with Crippen LogP contribution in [0.2, 0.25) is 0 Å². The normalized spacial score (nSPS) is 8.64. The molecule has 4 nitrogen and oxygen atoms in total. The molecule has 0 aromatic carbocycles. The number of carbonyl (C=O) groups excluding carboxylic acids is 1. The summed E-state index contributed by atoms with van der Waals surface area (Å²) in [6.07, 6.45) is 3.35. The number of hydrogen-bond acceptors (Lipinski definition) is 2. The van der Waals surface area contributed by atoms with Gasteiger partial charge in [-0.2, -0.15) is 5.26 Å².